The van der Waals surface area contributed by atoms with Crippen LogP contribution in [0, 0.1) is 0 Å². The van der Waals surface area contributed by atoms with Gasteiger partial charge in [0.1, 0.15) is 5.75 Å². The number of rotatable bonds is 5. The second-order valence-corrected chi connectivity index (χ2v) is 5.87. The van der Waals surface area contributed by atoms with Crippen LogP contribution in [0.25, 0.3) is 0 Å². The van der Waals surface area contributed by atoms with Crippen LogP contribution < -0.4 is 20.7 Å². The summed E-state index contributed by atoms with van der Waals surface area (Å²) in [6.45, 7) is 1.28. The van der Waals surface area contributed by atoms with E-state index in [2.05, 4.69) is 10.3 Å². The van der Waals surface area contributed by atoms with Gasteiger partial charge < -0.3 is 20.7 Å². The third kappa shape index (κ3) is 4.29. The molecule has 0 aromatic heterocycles. The predicted octanol–water partition coefficient (Wildman–Crippen LogP) is 2.75. The molecular formula is C19H22N4O2. The third-order valence-corrected chi connectivity index (χ3v) is 4.12. The highest BCUT2D eigenvalue weighted by Gasteiger charge is 2.21. The van der Waals surface area contributed by atoms with Gasteiger partial charge in [-0.15, -0.1) is 0 Å². The highest BCUT2D eigenvalue weighted by atomic mass is 16.5. The summed E-state index contributed by atoms with van der Waals surface area (Å²) in [6, 6.07) is 15.3. The van der Waals surface area contributed by atoms with E-state index >= 15 is 0 Å². The molecule has 3 rings (SSSR count). The molecule has 1 aliphatic rings. The fourth-order valence-corrected chi connectivity index (χ4v) is 2.74. The number of carbonyl (C=O) groups excluding carboxylic acids is 1. The summed E-state index contributed by atoms with van der Waals surface area (Å²) in [5.41, 5.74) is 8.76. The van der Waals surface area contributed by atoms with Gasteiger partial charge >= 0.3 is 0 Å². The zero-order chi connectivity index (χ0) is 17.6. The van der Waals surface area contributed by atoms with Gasteiger partial charge in [-0.3, -0.25) is 4.79 Å². The molecule has 1 aliphatic heterocycles. The molecule has 3 N–H and O–H groups in total. The maximum Gasteiger partial charge on any atom is 0.227 e. The second-order valence-electron chi connectivity index (χ2n) is 5.87. The Labute approximate surface area is 147 Å². The van der Waals surface area contributed by atoms with E-state index in [1.165, 1.54) is 0 Å². The lowest BCUT2D eigenvalue weighted by Gasteiger charge is -2.15. The van der Waals surface area contributed by atoms with Crippen LogP contribution in [0.5, 0.6) is 5.75 Å². The number of anilines is 2. The van der Waals surface area contributed by atoms with Crippen molar-refractivity contribution in [3.63, 3.8) is 0 Å². The van der Waals surface area contributed by atoms with Crippen molar-refractivity contribution in [2.45, 2.75) is 19.4 Å². The largest absolute Gasteiger partial charge is 0.497 e. The molecule has 6 nitrogen and oxygen atoms in total. The summed E-state index contributed by atoms with van der Waals surface area (Å²) in [4.78, 5) is 17.9. The van der Waals surface area contributed by atoms with Gasteiger partial charge in [0.15, 0.2) is 5.96 Å². The molecule has 2 aromatic rings. The molecule has 25 heavy (non-hydrogen) atoms. The van der Waals surface area contributed by atoms with Crippen molar-refractivity contribution in [3.05, 3.63) is 54.1 Å². The second kappa shape index (κ2) is 7.70. The van der Waals surface area contributed by atoms with Crippen molar-refractivity contribution in [1.29, 1.82) is 0 Å². The summed E-state index contributed by atoms with van der Waals surface area (Å²) in [6.07, 6.45) is 1.57. The number of hydrogen-bond donors (Lipinski definition) is 2. The van der Waals surface area contributed by atoms with Crippen molar-refractivity contribution in [1.82, 2.24) is 0 Å². The molecule has 0 bridgehead atoms. The lowest BCUT2D eigenvalue weighted by atomic mass is 10.2. The lowest BCUT2D eigenvalue weighted by Crippen LogP contribution is -2.23. The molecule has 1 fully saturated rings. The van der Waals surface area contributed by atoms with Gasteiger partial charge in [-0.25, -0.2) is 4.99 Å². The average molecular weight is 338 g/mol. The molecule has 0 aliphatic carbocycles. The predicted molar refractivity (Wildman–Crippen MR) is 100.0 cm³/mol. The van der Waals surface area contributed by atoms with Crippen molar-refractivity contribution in [2.75, 3.05) is 23.9 Å². The van der Waals surface area contributed by atoms with Gasteiger partial charge in [-0.05, 0) is 48.4 Å². The van der Waals surface area contributed by atoms with Crippen molar-refractivity contribution >= 4 is 23.2 Å². The molecule has 0 radical (unpaired) electrons. The fraction of sp³-hybridized carbons (Fsp3) is 0.263. The molecule has 130 valence electrons. The molecule has 0 unspecified atom stereocenters. The summed E-state index contributed by atoms with van der Waals surface area (Å²) >= 11 is 0. The number of carbonyl (C=O) groups is 1. The smallest absolute Gasteiger partial charge is 0.227 e. The molecule has 0 atom stereocenters. The fourth-order valence-electron chi connectivity index (χ4n) is 2.74. The Hall–Kier alpha value is -3.02. The Morgan fingerprint density at radius 2 is 1.92 bits per heavy atom. The molecule has 6 heteroatoms. The van der Waals surface area contributed by atoms with Crippen LogP contribution in [-0.4, -0.2) is 25.5 Å². The first kappa shape index (κ1) is 16.8. The van der Waals surface area contributed by atoms with E-state index in [4.69, 9.17) is 10.5 Å². The molecular weight excluding hydrogens is 316 g/mol. The summed E-state index contributed by atoms with van der Waals surface area (Å²) in [5.74, 6) is 1.33. The SMILES string of the molecule is COc1ccc(NC(N)=NCc2ccc(N3CCCC3=O)cc2)cc1. The Morgan fingerprint density at radius 1 is 1.20 bits per heavy atom. The number of amides is 1. The van der Waals surface area contributed by atoms with Crippen LogP contribution in [-0.2, 0) is 11.3 Å². The monoisotopic (exact) mass is 338 g/mol. The Morgan fingerprint density at radius 3 is 2.52 bits per heavy atom. The molecule has 0 spiro atoms. The van der Waals surface area contributed by atoms with Gasteiger partial charge in [-0.2, -0.15) is 0 Å². The summed E-state index contributed by atoms with van der Waals surface area (Å²) < 4.78 is 5.12. The lowest BCUT2D eigenvalue weighted by molar-refractivity contribution is -0.117. The van der Waals surface area contributed by atoms with E-state index in [1.807, 2.05) is 53.4 Å². The van der Waals surface area contributed by atoms with Crippen LogP contribution in [0.4, 0.5) is 11.4 Å². The normalized spacial score (nSPS) is 14.7. The molecule has 1 amide bonds. The Bertz CT molecular complexity index is 754. The standard InChI is InChI=1S/C19H22N4O2/c1-25-17-10-6-15(7-11-17)22-19(20)21-13-14-4-8-16(9-5-14)23-12-2-3-18(23)24/h4-11H,2-3,12-13H2,1H3,(H3,20,21,22). The topological polar surface area (TPSA) is 80.0 Å². The summed E-state index contributed by atoms with van der Waals surface area (Å²) in [5, 5.41) is 3.04. The first-order valence-electron chi connectivity index (χ1n) is 8.26. The first-order chi connectivity index (χ1) is 12.2. The van der Waals surface area contributed by atoms with E-state index in [0.717, 1.165) is 35.7 Å². The maximum absolute atomic E-state index is 11.8. The first-order valence-corrected chi connectivity index (χ1v) is 8.26. The van der Waals surface area contributed by atoms with Crippen molar-refractivity contribution in [3.8, 4) is 5.75 Å². The van der Waals surface area contributed by atoms with Gasteiger partial charge in [0.25, 0.3) is 0 Å². The molecule has 1 saturated heterocycles. The number of nitrogens with one attached hydrogen (secondary N) is 1. The van der Waals surface area contributed by atoms with E-state index in [9.17, 15) is 4.79 Å². The van der Waals surface area contributed by atoms with E-state index in [1.54, 1.807) is 7.11 Å². The van der Waals surface area contributed by atoms with Gasteiger partial charge in [0.2, 0.25) is 5.91 Å². The number of hydrogen-bond acceptors (Lipinski definition) is 3. The number of ether oxygens (including phenoxy) is 1. The van der Waals surface area contributed by atoms with E-state index in [-0.39, 0.29) is 5.91 Å². The summed E-state index contributed by atoms with van der Waals surface area (Å²) in [7, 11) is 1.63. The van der Waals surface area contributed by atoms with Crippen LogP contribution in [0.3, 0.4) is 0 Å². The van der Waals surface area contributed by atoms with Gasteiger partial charge in [0.05, 0.1) is 13.7 Å². The quantitative estimate of drug-likeness (QED) is 0.649. The van der Waals surface area contributed by atoms with E-state index < -0.39 is 0 Å². The van der Waals surface area contributed by atoms with Crippen molar-refractivity contribution < 1.29 is 9.53 Å². The van der Waals surface area contributed by atoms with Crippen LogP contribution in [0.2, 0.25) is 0 Å². The van der Waals surface area contributed by atoms with Crippen LogP contribution in [0.15, 0.2) is 53.5 Å². The maximum atomic E-state index is 11.8. The highest BCUT2D eigenvalue weighted by Crippen LogP contribution is 2.21. The third-order valence-electron chi connectivity index (χ3n) is 4.12. The Balaban J connectivity index is 1.57. The molecule has 0 saturated carbocycles. The van der Waals surface area contributed by atoms with Gasteiger partial charge in [-0.1, -0.05) is 12.1 Å². The zero-order valence-electron chi connectivity index (χ0n) is 14.2. The number of nitrogens with zero attached hydrogens (tertiary/aromatic N) is 2. The number of aliphatic imine (C=N–C) groups is 1. The minimum absolute atomic E-state index is 0.193. The number of benzene rings is 2. The number of methoxy groups -OCH3 is 1. The minimum Gasteiger partial charge on any atom is -0.497 e. The van der Waals surface area contributed by atoms with E-state index in [0.29, 0.717) is 18.9 Å². The number of nitrogens with two attached hydrogens (primary N) is 1. The molecule has 1 heterocycles. The average Bonchev–Trinajstić information content (AvgIpc) is 3.07. The molecule has 2 aromatic carbocycles. The zero-order valence-corrected chi connectivity index (χ0v) is 14.2. The Kier molecular flexibility index (Phi) is 5.18. The number of guanidine groups is 1. The highest BCUT2D eigenvalue weighted by molar-refractivity contribution is 5.95. The van der Waals surface area contributed by atoms with Crippen molar-refractivity contribution in [2.24, 2.45) is 10.7 Å². The minimum atomic E-state index is 0.193. The van der Waals surface area contributed by atoms with Crippen LogP contribution >= 0.6 is 0 Å². The van der Waals surface area contributed by atoms with Crippen LogP contribution in [0.1, 0.15) is 18.4 Å². The van der Waals surface area contributed by atoms with Gasteiger partial charge in [0, 0.05) is 24.3 Å².